The van der Waals surface area contributed by atoms with Crippen molar-refractivity contribution in [2.45, 2.75) is 59.3 Å². The van der Waals surface area contributed by atoms with Crippen molar-refractivity contribution in [3.05, 3.63) is 36.0 Å². The molecule has 194 valence electrons. The van der Waals surface area contributed by atoms with E-state index in [2.05, 4.69) is 15.2 Å². The molecule has 2 aromatic rings. The summed E-state index contributed by atoms with van der Waals surface area (Å²) in [5, 5.41) is 7.58. The molecule has 1 aliphatic rings. The van der Waals surface area contributed by atoms with Crippen LogP contribution in [0, 0.1) is 11.8 Å². The van der Waals surface area contributed by atoms with Crippen LogP contribution in [0.1, 0.15) is 57.8 Å². The van der Waals surface area contributed by atoms with Gasteiger partial charge in [-0.1, -0.05) is 13.8 Å². The Balaban J connectivity index is 0.000000540. The maximum absolute atomic E-state index is 12.4. The molecule has 0 amide bonds. The lowest BCUT2D eigenvalue weighted by Crippen LogP contribution is -2.42. The monoisotopic (exact) mass is 488 g/mol. The SMILES string of the molecule is CC(C)(C)OC=O.CC(C)COC(=O)c1ccc(OC(N)C2CCNCC2)c(-c2ccnn2C)c1. The van der Waals surface area contributed by atoms with Crippen molar-refractivity contribution >= 4 is 12.4 Å². The number of rotatable bonds is 8. The zero-order chi connectivity index (χ0) is 26.0. The highest BCUT2D eigenvalue weighted by atomic mass is 16.5. The third kappa shape index (κ3) is 9.33. The number of piperidine rings is 1. The predicted octanol–water partition coefficient (Wildman–Crippen LogP) is 3.52. The fraction of sp³-hybridized carbons (Fsp3) is 0.577. The van der Waals surface area contributed by atoms with Crippen LogP contribution >= 0.6 is 0 Å². The fourth-order valence-corrected chi connectivity index (χ4v) is 3.48. The molecule has 9 nitrogen and oxygen atoms in total. The van der Waals surface area contributed by atoms with Gasteiger partial charge in [0.05, 0.1) is 17.9 Å². The van der Waals surface area contributed by atoms with Crippen molar-refractivity contribution in [1.82, 2.24) is 15.1 Å². The number of aryl methyl sites for hydroxylation is 1. The number of carbonyl (C=O) groups excluding carboxylic acids is 2. The van der Waals surface area contributed by atoms with Gasteiger partial charge >= 0.3 is 5.97 Å². The van der Waals surface area contributed by atoms with Crippen molar-refractivity contribution in [2.24, 2.45) is 24.6 Å². The van der Waals surface area contributed by atoms with E-state index in [9.17, 15) is 9.59 Å². The van der Waals surface area contributed by atoms with E-state index in [-0.39, 0.29) is 17.5 Å². The third-order valence-electron chi connectivity index (χ3n) is 5.37. The first-order valence-corrected chi connectivity index (χ1v) is 12.1. The molecule has 0 radical (unpaired) electrons. The molecule has 1 fully saturated rings. The standard InChI is InChI=1S/C21H30N4O3.C5H10O2/c1-14(2)13-27-21(26)16-4-5-19(17(12-16)18-8-11-24-25(18)3)28-20(22)15-6-9-23-10-7-15;1-5(2,3)7-4-6/h4-5,8,11-12,14-15,20,23H,6-7,9-10,13,22H2,1-3H3;4H,1-3H3. The first-order chi connectivity index (χ1) is 16.5. The Bertz CT molecular complexity index is 945. The summed E-state index contributed by atoms with van der Waals surface area (Å²) in [5.41, 5.74) is 8.16. The molecule has 0 spiro atoms. The summed E-state index contributed by atoms with van der Waals surface area (Å²) in [4.78, 5) is 22.0. The predicted molar refractivity (Wildman–Crippen MR) is 135 cm³/mol. The van der Waals surface area contributed by atoms with Crippen LogP contribution in [0.15, 0.2) is 30.5 Å². The highest BCUT2D eigenvalue weighted by Gasteiger charge is 2.24. The number of hydrogen-bond donors (Lipinski definition) is 2. The number of ether oxygens (including phenoxy) is 3. The third-order valence-corrected chi connectivity index (χ3v) is 5.37. The molecule has 3 N–H and O–H groups in total. The molecule has 3 rings (SSSR count). The van der Waals surface area contributed by atoms with Gasteiger partial charge in [-0.25, -0.2) is 4.79 Å². The molecular formula is C26H40N4O5. The number of nitrogens with one attached hydrogen (secondary N) is 1. The molecular weight excluding hydrogens is 448 g/mol. The summed E-state index contributed by atoms with van der Waals surface area (Å²) in [6, 6.07) is 7.22. The zero-order valence-corrected chi connectivity index (χ0v) is 21.7. The molecule has 2 heterocycles. The van der Waals surface area contributed by atoms with Crippen LogP contribution in [-0.4, -0.2) is 53.7 Å². The van der Waals surface area contributed by atoms with E-state index in [0.717, 1.165) is 37.2 Å². The van der Waals surface area contributed by atoms with Crippen LogP contribution in [0.3, 0.4) is 0 Å². The molecule has 1 aliphatic heterocycles. The van der Waals surface area contributed by atoms with Gasteiger partial charge in [0, 0.05) is 24.7 Å². The molecule has 35 heavy (non-hydrogen) atoms. The van der Waals surface area contributed by atoms with Crippen LogP contribution < -0.4 is 15.8 Å². The van der Waals surface area contributed by atoms with E-state index < -0.39 is 6.23 Å². The van der Waals surface area contributed by atoms with Gasteiger partial charge in [0.2, 0.25) is 0 Å². The molecule has 0 bridgehead atoms. The maximum Gasteiger partial charge on any atom is 0.338 e. The highest BCUT2D eigenvalue weighted by Crippen LogP contribution is 2.32. The van der Waals surface area contributed by atoms with Gasteiger partial charge in [-0.05, 0) is 76.9 Å². The summed E-state index contributed by atoms with van der Waals surface area (Å²) < 4.78 is 17.8. The Labute approximate surface area is 208 Å². The van der Waals surface area contributed by atoms with Crippen LogP contribution in [0.2, 0.25) is 0 Å². The molecule has 0 saturated carbocycles. The summed E-state index contributed by atoms with van der Waals surface area (Å²) >= 11 is 0. The van der Waals surface area contributed by atoms with E-state index in [1.54, 1.807) is 29.1 Å². The summed E-state index contributed by atoms with van der Waals surface area (Å²) in [6.45, 7) is 12.2. The average Bonchev–Trinajstić information content (AvgIpc) is 3.23. The van der Waals surface area contributed by atoms with Gasteiger partial charge in [0.25, 0.3) is 6.47 Å². The minimum atomic E-state index is -0.396. The van der Waals surface area contributed by atoms with Gasteiger partial charge in [0.1, 0.15) is 11.4 Å². The van der Waals surface area contributed by atoms with E-state index in [1.165, 1.54) is 0 Å². The second-order valence-electron chi connectivity index (χ2n) is 10.0. The zero-order valence-electron chi connectivity index (χ0n) is 21.7. The molecule has 0 aliphatic carbocycles. The quantitative estimate of drug-likeness (QED) is 0.329. The highest BCUT2D eigenvalue weighted by molar-refractivity contribution is 5.91. The second kappa shape index (κ2) is 13.3. The lowest BCUT2D eigenvalue weighted by molar-refractivity contribution is -0.138. The molecule has 9 heteroatoms. The van der Waals surface area contributed by atoms with Crippen molar-refractivity contribution in [3.8, 4) is 17.0 Å². The number of benzene rings is 1. The molecule has 1 saturated heterocycles. The van der Waals surface area contributed by atoms with E-state index in [0.29, 0.717) is 30.3 Å². The summed E-state index contributed by atoms with van der Waals surface area (Å²) in [7, 11) is 1.86. The van der Waals surface area contributed by atoms with E-state index >= 15 is 0 Å². The van der Waals surface area contributed by atoms with Crippen LogP contribution in [0.25, 0.3) is 11.3 Å². The van der Waals surface area contributed by atoms with Gasteiger partial charge < -0.3 is 19.5 Å². The first kappa shape index (κ1) is 28.3. The average molecular weight is 489 g/mol. The maximum atomic E-state index is 12.4. The van der Waals surface area contributed by atoms with Crippen molar-refractivity contribution in [2.75, 3.05) is 19.7 Å². The number of aromatic nitrogens is 2. The number of esters is 1. The van der Waals surface area contributed by atoms with Gasteiger partial charge in [-0.15, -0.1) is 0 Å². The smallest absolute Gasteiger partial charge is 0.338 e. The van der Waals surface area contributed by atoms with E-state index in [1.807, 2.05) is 47.7 Å². The van der Waals surface area contributed by atoms with E-state index in [4.69, 9.17) is 15.2 Å². The van der Waals surface area contributed by atoms with Crippen LogP contribution in [0.5, 0.6) is 5.75 Å². The minimum absolute atomic E-state index is 0.283. The largest absolute Gasteiger partial charge is 0.475 e. The van der Waals surface area contributed by atoms with Gasteiger partial charge in [-0.3, -0.25) is 15.2 Å². The van der Waals surface area contributed by atoms with Crippen LogP contribution in [0.4, 0.5) is 0 Å². The summed E-state index contributed by atoms with van der Waals surface area (Å²) in [6.07, 6.45) is 3.30. The number of nitrogens with two attached hydrogens (primary N) is 1. The molecule has 1 atom stereocenters. The fourth-order valence-electron chi connectivity index (χ4n) is 3.48. The topological polar surface area (TPSA) is 118 Å². The Hall–Kier alpha value is -2.91. The minimum Gasteiger partial charge on any atom is -0.475 e. The Morgan fingerprint density at radius 1 is 1.26 bits per heavy atom. The Morgan fingerprint density at radius 3 is 2.46 bits per heavy atom. The van der Waals surface area contributed by atoms with Gasteiger partial charge in [0.15, 0.2) is 6.23 Å². The number of carbonyl (C=O) groups is 2. The normalized spacial score (nSPS) is 15.1. The summed E-state index contributed by atoms with van der Waals surface area (Å²) in [5.74, 6) is 0.892. The Kier molecular flexibility index (Phi) is 10.7. The van der Waals surface area contributed by atoms with Crippen LogP contribution in [-0.2, 0) is 21.3 Å². The lowest BCUT2D eigenvalue weighted by Gasteiger charge is -2.29. The molecule has 1 aromatic heterocycles. The van der Waals surface area contributed by atoms with Crippen molar-refractivity contribution in [1.29, 1.82) is 0 Å². The lowest BCUT2D eigenvalue weighted by atomic mass is 9.96. The molecule has 1 aromatic carbocycles. The number of hydrogen-bond acceptors (Lipinski definition) is 8. The van der Waals surface area contributed by atoms with Crippen molar-refractivity contribution in [3.63, 3.8) is 0 Å². The van der Waals surface area contributed by atoms with Crippen molar-refractivity contribution < 1.29 is 23.8 Å². The first-order valence-electron chi connectivity index (χ1n) is 12.1. The number of nitrogens with zero attached hydrogens (tertiary/aromatic N) is 2. The molecule has 1 unspecified atom stereocenters. The Morgan fingerprint density at radius 2 is 1.94 bits per heavy atom. The van der Waals surface area contributed by atoms with Gasteiger partial charge in [-0.2, -0.15) is 5.10 Å². The second-order valence-corrected chi connectivity index (χ2v) is 10.0.